The van der Waals surface area contributed by atoms with E-state index in [1.807, 2.05) is 27.7 Å². The van der Waals surface area contributed by atoms with Crippen molar-refractivity contribution in [2.45, 2.75) is 40.3 Å². The molecule has 0 spiro atoms. The minimum atomic E-state index is -0.358. The Kier molecular flexibility index (Phi) is 7.15. The summed E-state index contributed by atoms with van der Waals surface area (Å²) in [4.78, 5) is 13.5. The monoisotopic (exact) mass is 296 g/mol. The van der Waals surface area contributed by atoms with Gasteiger partial charge in [0.1, 0.15) is 11.6 Å². The third kappa shape index (κ3) is 6.12. The molecule has 21 heavy (non-hydrogen) atoms. The maximum absolute atomic E-state index is 13.6. The molecule has 0 aliphatic heterocycles. The largest absolute Gasteiger partial charge is 0.484 e. The molecule has 5 heteroatoms. The third-order valence-corrected chi connectivity index (χ3v) is 3.12. The number of nitrogens with zero attached hydrogens (tertiary/aromatic N) is 1. The summed E-state index contributed by atoms with van der Waals surface area (Å²) < 4.78 is 19.0. The van der Waals surface area contributed by atoms with Gasteiger partial charge in [0, 0.05) is 31.7 Å². The molecule has 0 bridgehead atoms. The first-order valence-corrected chi connectivity index (χ1v) is 7.39. The summed E-state index contributed by atoms with van der Waals surface area (Å²) in [5, 5.41) is 3.22. The quantitative estimate of drug-likeness (QED) is 0.801. The van der Waals surface area contributed by atoms with Crippen LogP contribution in [0.15, 0.2) is 18.2 Å². The van der Waals surface area contributed by atoms with E-state index in [4.69, 9.17) is 4.74 Å². The van der Waals surface area contributed by atoms with E-state index >= 15 is 0 Å². The number of rotatable bonds is 8. The van der Waals surface area contributed by atoms with Crippen LogP contribution in [-0.4, -0.2) is 36.5 Å². The Labute approximate surface area is 126 Å². The maximum atomic E-state index is 13.6. The highest BCUT2D eigenvalue weighted by Gasteiger charge is 2.11. The smallest absolute Gasteiger partial charge is 0.260 e. The lowest BCUT2D eigenvalue weighted by molar-refractivity contribution is -0.132. The lowest BCUT2D eigenvalue weighted by atomic mass is 10.2. The molecule has 118 valence electrons. The molecular weight excluding hydrogens is 271 g/mol. The van der Waals surface area contributed by atoms with E-state index in [9.17, 15) is 9.18 Å². The summed E-state index contributed by atoms with van der Waals surface area (Å²) in [6.45, 7) is 9.67. The molecule has 0 unspecified atom stereocenters. The van der Waals surface area contributed by atoms with Crippen LogP contribution in [-0.2, 0) is 11.3 Å². The average molecular weight is 296 g/mol. The van der Waals surface area contributed by atoms with Crippen molar-refractivity contribution < 1.29 is 13.9 Å². The first-order chi connectivity index (χ1) is 9.96. The number of hydrogen-bond donors (Lipinski definition) is 1. The van der Waals surface area contributed by atoms with E-state index in [0.717, 1.165) is 5.56 Å². The molecule has 0 aliphatic carbocycles. The topological polar surface area (TPSA) is 41.6 Å². The average Bonchev–Trinajstić information content (AvgIpc) is 2.44. The Morgan fingerprint density at radius 3 is 2.52 bits per heavy atom. The van der Waals surface area contributed by atoms with E-state index in [0.29, 0.717) is 31.4 Å². The molecule has 1 rings (SSSR count). The number of carbonyl (C=O) groups excluding carboxylic acids is 1. The molecule has 0 saturated carbocycles. The van der Waals surface area contributed by atoms with E-state index in [2.05, 4.69) is 5.32 Å². The second-order valence-corrected chi connectivity index (χ2v) is 5.19. The molecular formula is C16H25FN2O2. The molecule has 0 radical (unpaired) electrons. The van der Waals surface area contributed by atoms with Crippen LogP contribution in [0.4, 0.5) is 4.39 Å². The highest BCUT2D eigenvalue weighted by Crippen LogP contribution is 2.16. The zero-order chi connectivity index (χ0) is 15.8. The second-order valence-electron chi connectivity index (χ2n) is 5.19. The van der Waals surface area contributed by atoms with Crippen LogP contribution in [0.25, 0.3) is 0 Å². The zero-order valence-electron chi connectivity index (χ0n) is 13.3. The number of ether oxygens (including phenoxy) is 1. The van der Waals surface area contributed by atoms with Crippen molar-refractivity contribution in [1.82, 2.24) is 10.2 Å². The lowest BCUT2D eigenvalue weighted by Crippen LogP contribution is -2.34. The zero-order valence-corrected chi connectivity index (χ0v) is 13.3. The second kappa shape index (κ2) is 8.62. The number of benzene rings is 1. The van der Waals surface area contributed by atoms with Crippen LogP contribution in [0, 0.1) is 5.82 Å². The fourth-order valence-corrected chi connectivity index (χ4v) is 1.94. The van der Waals surface area contributed by atoms with Gasteiger partial charge < -0.3 is 15.0 Å². The van der Waals surface area contributed by atoms with E-state index in [-0.39, 0.29) is 18.3 Å². The number of hydrogen-bond acceptors (Lipinski definition) is 3. The summed E-state index contributed by atoms with van der Waals surface area (Å²) in [6, 6.07) is 4.85. The van der Waals surface area contributed by atoms with Crippen LogP contribution >= 0.6 is 0 Å². The van der Waals surface area contributed by atoms with Crippen LogP contribution in [0.1, 0.15) is 33.3 Å². The Balaban J connectivity index is 2.64. The van der Waals surface area contributed by atoms with Gasteiger partial charge in [0.05, 0.1) is 0 Å². The van der Waals surface area contributed by atoms with Gasteiger partial charge in [-0.3, -0.25) is 4.79 Å². The van der Waals surface area contributed by atoms with Gasteiger partial charge >= 0.3 is 0 Å². The lowest BCUT2D eigenvalue weighted by Gasteiger charge is -2.19. The van der Waals surface area contributed by atoms with Gasteiger partial charge in [0.15, 0.2) is 6.61 Å². The SMILES string of the molecule is CCN(CC)C(=O)COc1cc(F)cc(CNC(C)C)c1. The highest BCUT2D eigenvalue weighted by atomic mass is 19.1. The van der Waals surface area contributed by atoms with Crippen LogP contribution < -0.4 is 10.1 Å². The minimum Gasteiger partial charge on any atom is -0.484 e. The van der Waals surface area contributed by atoms with Crippen molar-refractivity contribution in [2.24, 2.45) is 0 Å². The third-order valence-electron chi connectivity index (χ3n) is 3.12. The molecule has 1 aromatic rings. The van der Waals surface area contributed by atoms with Gasteiger partial charge in [-0.2, -0.15) is 0 Å². The molecule has 1 N–H and O–H groups in total. The highest BCUT2D eigenvalue weighted by molar-refractivity contribution is 5.77. The normalized spacial score (nSPS) is 10.8. The molecule has 1 amide bonds. The summed E-state index contributed by atoms with van der Waals surface area (Å²) >= 11 is 0. The molecule has 1 aromatic carbocycles. The Bertz CT molecular complexity index is 460. The molecule has 0 atom stereocenters. The molecule has 0 aliphatic rings. The molecule has 0 aromatic heterocycles. The van der Waals surface area contributed by atoms with Gasteiger partial charge in [0.2, 0.25) is 0 Å². The minimum absolute atomic E-state index is 0.0673. The summed E-state index contributed by atoms with van der Waals surface area (Å²) in [6.07, 6.45) is 0. The van der Waals surface area contributed by atoms with Gasteiger partial charge in [0.25, 0.3) is 5.91 Å². The molecule has 4 nitrogen and oxygen atoms in total. The Morgan fingerprint density at radius 1 is 1.29 bits per heavy atom. The van der Waals surface area contributed by atoms with Gasteiger partial charge in [-0.05, 0) is 31.5 Å². The van der Waals surface area contributed by atoms with Crippen LogP contribution in [0.3, 0.4) is 0 Å². The summed E-state index contributed by atoms with van der Waals surface area (Å²) in [5.74, 6) is -0.0643. The van der Waals surface area contributed by atoms with Gasteiger partial charge in [-0.15, -0.1) is 0 Å². The van der Waals surface area contributed by atoms with Gasteiger partial charge in [-0.25, -0.2) is 4.39 Å². The molecule has 0 heterocycles. The predicted octanol–water partition coefficient (Wildman–Crippen LogP) is 2.57. The van der Waals surface area contributed by atoms with Crippen molar-refractivity contribution in [3.63, 3.8) is 0 Å². The fraction of sp³-hybridized carbons (Fsp3) is 0.562. The Hall–Kier alpha value is -1.62. The maximum Gasteiger partial charge on any atom is 0.260 e. The molecule has 0 saturated heterocycles. The van der Waals surface area contributed by atoms with E-state index in [1.165, 1.54) is 12.1 Å². The van der Waals surface area contributed by atoms with E-state index in [1.54, 1.807) is 11.0 Å². The first kappa shape index (κ1) is 17.4. The van der Waals surface area contributed by atoms with Gasteiger partial charge in [-0.1, -0.05) is 13.8 Å². The number of carbonyl (C=O) groups is 1. The summed E-state index contributed by atoms with van der Waals surface area (Å²) in [5.41, 5.74) is 0.800. The van der Waals surface area contributed by atoms with Crippen LogP contribution in [0.5, 0.6) is 5.75 Å². The molecule has 0 fully saturated rings. The van der Waals surface area contributed by atoms with Crippen molar-refractivity contribution in [3.05, 3.63) is 29.6 Å². The predicted molar refractivity (Wildman–Crippen MR) is 81.8 cm³/mol. The first-order valence-electron chi connectivity index (χ1n) is 7.39. The van der Waals surface area contributed by atoms with Crippen molar-refractivity contribution in [2.75, 3.05) is 19.7 Å². The Morgan fingerprint density at radius 2 is 1.95 bits per heavy atom. The van der Waals surface area contributed by atoms with Crippen molar-refractivity contribution >= 4 is 5.91 Å². The summed E-state index contributed by atoms with van der Waals surface area (Å²) in [7, 11) is 0. The van der Waals surface area contributed by atoms with E-state index < -0.39 is 0 Å². The van der Waals surface area contributed by atoms with Crippen molar-refractivity contribution in [3.8, 4) is 5.75 Å². The number of amides is 1. The number of halogens is 1. The number of likely N-dealkylation sites (N-methyl/N-ethyl adjacent to an activating group) is 1. The van der Waals surface area contributed by atoms with Crippen molar-refractivity contribution in [1.29, 1.82) is 0 Å². The fourth-order valence-electron chi connectivity index (χ4n) is 1.94. The van der Waals surface area contributed by atoms with Crippen LogP contribution in [0.2, 0.25) is 0 Å². The number of nitrogens with one attached hydrogen (secondary N) is 1. The standard InChI is InChI=1S/C16H25FN2O2/c1-5-19(6-2)16(20)11-21-15-8-13(7-14(17)9-15)10-18-12(3)4/h7-9,12,18H,5-6,10-11H2,1-4H3.